The third kappa shape index (κ3) is 2.84. The fourth-order valence-electron chi connectivity index (χ4n) is 1.38. The van der Waals surface area contributed by atoms with E-state index < -0.39 is 0 Å². The van der Waals surface area contributed by atoms with E-state index in [-0.39, 0.29) is 0 Å². The predicted molar refractivity (Wildman–Crippen MR) is 58.9 cm³/mol. The van der Waals surface area contributed by atoms with E-state index >= 15 is 0 Å². The zero-order valence-electron chi connectivity index (χ0n) is 9.10. The van der Waals surface area contributed by atoms with Crippen LogP contribution in [0.4, 0.5) is 5.82 Å². The van der Waals surface area contributed by atoms with Gasteiger partial charge in [-0.1, -0.05) is 0 Å². The van der Waals surface area contributed by atoms with Crippen molar-refractivity contribution in [2.45, 2.75) is 13.3 Å². The molecule has 0 radical (unpaired) electrons. The van der Waals surface area contributed by atoms with Crippen LogP contribution in [0.1, 0.15) is 13.3 Å². The van der Waals surface area contributed by atoms with Crippen LogP contribution in [0, 0.1) is 11.3 Å². The summed E-state index contributed by atoms with van der Waals surface area (Å²) in [6.45, 7) is 3.53. The van der Waals surface area contributed by atoms with Gasteiger partial charge in [-0.2, -0.15) is 5.26 Å². The van der Waals surface area contributed by atoms with Crippen LogP contribution < -0.4 is 9.64 Å². The number of hydrogen-bond acceptors (Lipinski definition) is 4. The molecule has 4 heteroatoms. The van der Waals surface area contributed by atoms with Gasteiger partial charge in [0.2, 0.25) is 0 Å². The molecule has 0 bridgehead atoms. The van der Waals surface area contributed by atoms with E-state index in [0.29, 0.717) is 13.0 Å². The second kappa shape index (κ2) is 5.86. The summed E-state index contributed by atoms with van der Waals surface area (Å²) in [4.78, 5) is 6.29. The highest BCUT2D eigenvalue weighted by Gasteiger charge is 2.10. The summed E-state index contributed by atoms with van der Waals surface area (Å²) in [7, 11) is 1.62. The van der Waals surface area contributed by atoms with E-state index in [1.807, 2.05) is 24.0 Å². The predicted octanol–water partition coefficient (Wildman–Crippen LogP) is 1.83. The molecule has 1 heterocycles. The Hall–Kier alpha value is -1.76. The molecule has 0 aliphatic heterocycles. The first-order chi connectivity index (χ1) is 7.33. The third-order valence-corrected chi connectivity index (χ3v) is 2.15. The van der Waals surface area contributed by atoms with Crippen molar-refractivity contribution in [3.8, 4) is 11.8 Å². The van der Waals surface area contributed by atoms with Crippen LogP contribution in [0.5, 0.6) is 5.75 Å². The summed E-state index contributed by atoms with van der Waals surface area (Å²) < 4.78 is 5.22. The lowest BCUT2D eigenvalue weighted by Gasteiger charge is -2.22. The molecule has 0 unspecified atom stereocenters. The minimum absolute atomic E-state index is 0.494. The lowest BCUT2D eigenvalue weighted by atomic mass is 10.3. The molecular formula is C11H15N3O. The molecule has 0 fully saturated rings. The van der Waals surface area contributed by atoms with Gasteiger partial charge in [0.1, 0.15) is 0 Å². The van der Waals surface area contributed by atoms with Crippen molar-refractivity contribution in [3.05, 3.63) is 18.3 Å². The van der Waals surface area contributed by atoms with Crippen LogP contribution in [0.15, 0.2) is 18.3 Å². The molecule has 1 aromatic rings. The van der Waals surface area contributed by atoms with E-state index in [0.717, 1.165) is 18.1 Å². The summed E-state index contributed by atoms with van der Waals surface area (Å²) in [6, 6.07) is 5.84. The molecule has 1 aromatic heterocycles. The quantitative estimate of drug-likeness (QED) is 0.735. The first kappa shape index (κ1) is 11.3. The largest absolute Gasteiger partial charge is 0.493 e. The monoisotopic (exact) mass is 205 g/mol. The van der Waals surface area contributed by atoms with Crippen LogP contribution in [0.3, 0.4) is 0 Å². The van der Waals surface area contributed by atoms with Crippen molar-refractivity contribution in [2.24, 2.45) is 0 Å². The first-order valence-electron chi connectivity index (χ1n) is 4.94. The van der Waals surface area contributed by atoms with Crippen molar-refractivity contribution >= 4 is 5.82 Å². The number of nitrogens with zero attached hydrogens (tertiary/aromatic N) is 3. The van der Waals surface area contributed by atoms with Crippen molar-refractivity contribution < 1.29 is 4.74 Å². The smallest absolute Gasteiger partial charge is 0.171 e. The Morgan fingerprint density at radius 3 is 3.00 bits per heavy atom. The maximum Gasteiger partial charge on any atom is 0.171 e. The SMILES string of the molecule is CCN(CCC#N)c1ncccc1OC. The van der Waals surface area contributed by atoms with Crippen LogP contribution in [-0.4, -0.2) is 25.2 Å². The first-order valence-corrected chi connectivity index (χ1v) is 4.94. The summed E-state index contributed by atoms with van der Waals surface area (Å²) >= 11 is 0. The zero-order valence-corrected chi connectivity index (χ0v) is 9.10. The Morgan fingerprint density at radius 2 is 2.40 bits per heavy atom. The average molecular weight is 205 g/mol. The van der Waals surface area contributed by atoms with E-state index in [2.05, 4.69) is 11.1 Å². The van der Waals surface area contributed by atoms with Crippen LogP contribution in [0.2, 0.25) is 0 Å². The Labute approximate surface area is 90.1 Å². The van der Waals surface area contributed by atoms with Gasteiger partial charge in [-0.25, -0.2) is 4.98 Å². The van der Waals surface area contributed by atoms with Gasteiger partial charge < -0.3 is 9.64 Å². The van der Waals surface area contributed by atoms with Crippen LogP contribution in [0.25, 0.3) is 0 Å². The number of methoxy groups -OCH3 is 1. The van der Waals surface area contributed by atoms with Gasteiger partial charge in [0.25, 0.3) is 0 Å². The van der Waals surface area contributed by atoms with Crippen molar-refractivity contribution in [3.63, 3.8) is 0 Å². The number of hydrogen-bond donors (Lipinski definition) is 0. The molecule has 0 aliphatic rings. The lowest BCUT2D eigenvalue weighted by Crippen LogP contribution is -2.25. The topological polar surface area (TPSA) is 49.2 Å². The van der Waals surface area contributed by atoms with Gasteiger partial charge in [-0.15, -0.1) is 0 Å². The second-order valence-corrected chi connectivity index (χ2v) is 3.02. The van der Waals surface area contributed by atoms with E-state index in [9.17, 15) is 0 Å². The molecule has 0 amide bonds. The van der Waals surface area contributed by atoms with Gasteiger partial charge in [0.15, 0.2) is 11.6 Å². The van der Waals surface area contributed by atoms with E-state index in [1.54, 1.807) is 13.3 Å². The van der Waals surface area contributed by atoms with Crippen LogP contribution >= 0.6 is 0 Å². The highest BCUT2D eigenvalue weighted by atomic mass is 16.5. The number of aromatic nitrogens is 1. The highest BCUT2D eigenvalue weighted by Crippen LogP contribution is 2.24. The number of pyridine rings is 1. The molecular weight excluding hydrogens is 190 g/mol. The summed E-state index contributed by atoms with van der Waals surface area (Å²) in [5.41, 5.74) is 0. The normalized spacial score (nSPS) is 9.40. The summed E-state index contributed by atoms with van der Waals surface area (Å²) in [5.74, 6) is 1.55. The summed E-state index contributed by atoms with van der Waals surface area (Å²) in [5, 5.41) is 8.56. The second-order valence-electron chi connectivity index (χ2n) is 3.02. The third-order valence-electron chi connectivity index (χ3n) is 2.15. The highest BCUT2D eigenvalue weighted by molar-refractivity contribution is 5.51. The fourth-order valence-corrected chi connectivity index (χ4v) is 1.38. The molecule has 1 rings (SSSR count). The lowest BCUT2D eigenvalue weighted by molar-refractivity contribution is 0.412. The molecule has 15 heavy (non-hydrogen) atoms. The zero-order chi connectivity index (χ0) is 11.1. The van der Waals surface area contributed by atoms with Crippen molar-refractivity contribution in [2.75, 3.05) is 25.1 Å². The molecule has 0 aliphatic carbocycles. The Bertz CT molecular complexity index is 346. The van der Waals surface area contributed by atoms with Gasteiger partial charge in [-0.05, 0) is 19.1 Å². The molecule has 0 aromatic carbocycles. The van der Waals surface area contributed by atoms with Crippen molar-refractivity contribution in [1.82, 2.24) is 4.98 Å². The number of nitriles is 1. The molecule has 4 nitrogen and oxygen atoms in total. The van der Waals surface area contributed by atoms with Crippen molar-refractivity contribution in [1.29, 1.82) is 5.26 Å². The molecule has 0 atom stereocenters. The Kier molecular flexibility index (Phi) is 4.42. The molecule has 0 spiro atoms. The minimum Gasteiger partial charge on any atom is -0.493 e. The van der Waals surface area contributed by atoms with Gasteiger partial charge in [-0.3, -0.25) is 0 Å². The van der Waals surface area contributed by atoms with Crippen LogP contribution in [-0.2, 0) is 0 Å². The van der Waals surface area contributed by atoms with Gasteiger partial charge >= 0.3 is 0 Å². The van der Waals surface area contributed by atoms with Gasteiger partial charge in [0, 0.05) is 19.3 Å². The average Bonchev–Trinajstić information content (AvgIpc) is 2.30. The number of ether oxygens (including phenoxy) is 1. The summed E-state index contributed by atoms with van der Waals surface area (Å²) in [6.07, 6.45) is 2.22. The minimum atomic E-state index is 0.494. The maximum absolute atomic E-state index is 8.56. The fraction of sp³-hybridized carbons (Fsp3) is 0.455. The van der Waals surface area contributed by atoms with Gasteiger partial charge in [0.05, 0.1) is 19.6 Å². The van der Waals surface area contributed by atoms with E-state index in [4.69, 9.17) is 10.00 Å². The molecule has 80 valence electrons. The maximum atomic E-state index is 8.56. The van der Waals surface area contributed by atoms with E-state index in [1.165, 1.54) is 0 Å². The number of anilines is 1. The molecule has 0 saturated carbocycles. The Morgan fingerprint density at radius 1 is 1.60 bits per heavy atom. The number of rotatable bonds is 5. The molecule has 0 saturated heterocycles. The Balaban J connectivity index is 2.86. The standard InChI is InChI=1S/C11H15N3O/c1-3-14(9-5-7-12)11-10(15-2)6-4-8-13-11/h4,6,8H,3,5,9H2,1-2H3. The molecule has 0 N–H and O–H groups in total.